The summed E-state index contributed by atoms with van der Waals surface area (Å²) in [4.78, 5) is 42.3. The second kappa shape index (κ2) is 13.4. The van der Waals surface area contributed by atoms with Crippen LogP contribution in [-0.2, 0) is 37.5 Å². The summed E-state index contributed by atoms with van der Waals surface area (Å²) < 4.78 is 42.0. The summed E-state index contributed by atoms with van der Waals surface area (Å²) in [5.41, 5.74) is 4.04. The Bertz CT molecular complexity index is 2210. The molecular weight excluding hydrogens is 747 g/mol. The number of aliphatic hydroxyl groups excluding tert-OH is 1. The van der Waals surface area contributed by atoms with Gasteiger partial charge in [-0.25, -0.2) is 4.79 Å². The van der Waals surface area contributed by atoms with Crippen molar-refractivity contribution in [3.05, 3.63) is 68.0 Å². The van der Waals surface area contributed by atoms with Gasteiger partial charge in [-0.05, 0) is 66.6 Å². The summed E-state index contributed by atoms with van der Waals surface area (Å²) in [7, 11) is 2.97. The van der Waals surface area contributed by atoms with Gasteiger partial charge in [-0.15, -0.1) is 11.8 Å². The zero-order valence-electron chi connectivity index (χ0n) is 31.7. The Morgan fingerprint density at radius 1 is 0.964 bits per heavy atom. The Balaban J connectivity index is 1.31. The third-order valence-electron chi connectivity index (χ3n) is 11.9. The van der Waals surface area contributed by atoms with E-state index in [0.29, 0.717) is 64.5 Å². The number of aliphatic hydroxyl groups is 1. The molecule has 10 rings (SSSR count). The molecule has 7 atom stereocenters. The topological polar surface area (TPSA) is 186 Å². The minimum Gasteiger partial charge on any atom is -0.648 e. The first-order valence-electron chi connectivity index (χ1n) is 18.5. The lowest BCUT2D eigenvalue weighted by Gasteiger charge is -2.65. The van der Waals surface area contributed by atoms with Crippen molar-refractivity contribution in [2.45, 2.75) is 81.7 Å². The van der Waals surface area contributed by atoms with Crippen molar-refractivity contribution in [3.63, 3.8) is 0 Å². The molecule has 296 valence electrons. The molecule has 7 heterocycles. The molecule has 1 unspecified atom stereocenters. The van der Waals surface area contributed by atoms with Crippen molar-refractivity contribution in [2.75, 3.05) is 39.9 Å². The number of phenols is 1. The van der Waals surface area contributed by atoms with E-state index in [-0.39, 0.29) is 42.2 Å². The number of hydrogen-bond acceptors (Lipinski definition) is 15. The van der Waals surface area contributed by atoms with Gasteiger partial charge in [0.15, 0.2) is 40.0 Å². The molecule has 7 aliphatic rings. The molecule has 2 fully saturated rings. The maximum atomic E-state index is 14.7. The Labute approximate surface area is 326 Å². The van der Waals surface area contributed by atoms with Gasteiger partial charge in [0.05, 0.1) is 26.5 Å². The number of thioether (sulfide) groups is 1. The van der Waals surface area contributed by atoms with E-state index in [2.05, 4.69) is 5.32 Å². The minimum absolute atomic E-state index is 0.0389. The molecule has 0 aromatic heterocycles. The van der Waals surface area contributed by atoms with E-state index in [9.17, 15) is 24.6 Å². The molecule has 2 saturated heterocycles. The van der Waals surface area contributed by atoms with Gasteiger partial charge >= 0.3 is 17.9 Å². The van der Waals surface area contributed by atoms with E-state index >= 15 is 0 Å². The zero-order chi connectivity index (χ0) is 39.4. The van der Waals surface area contributed by atoms with Gasteiger partial charge in [0, 0.05) is 54.1 Å². The van der Waals surface area contributed by atoms with Crippen molar-refractivity contribution in [1.82, 2.24) is 10.2 Å². The highest BCUT2D eigenvalue weighted by Crippen LogP contribution is 2.65. The standard InChI is InChI=1S/C40H42N3O12S/c1-16-9-21-10-23-38(47)43-24-13-51-39(48)40(22-12-26(49-5)25(46)11-20(22)7-8-41-40)14-56-37(31(43)30(42-23)27(21)36(32(16)50-6)55-19(4)45)29-28(24)35-34(52-15-53-35)17(2)33(29)54-18(3)44/h9,11-12,23-24,30-31,37-38,41,46-47H,7-8,10,13-15H2,1-6H3/q-1/t23-,24-,30+,31?,37+,38-,40+/m0/s1. The number of ether oxygens (including phenoxy) is 7. The number of phenolic OH excluding ortho intramolecular Hbond substituents is 1. The van der Waals surface area contributed by atoms with Gasteiger partial charge in [0.1, 0.15) is 12.4 Å². The van der Waals surface area contributed by atoms with Crippen LogP contribution in [0.3, 0.4) is 0 Å². The number of hydrogen-bond donors (Lipinski definition) is 3. The second-order valence-electron chi connectivity index (χ2n) is 15.0. The van der Waals surface area contributed by atoms with Crippen molar-refractivity contribution in [3.8, 4) is 40.2 Å². The number of rotatable bonds is 4. The molecule has 56 heavy (non-hydrogen) atoms. The largest absolute Gasteiger partial charge is 0.648 e. The number of piperazine rings is 1. The number of esters is 3. The highest BCUT2D eigenvalue weighted by molar-refractivity contribution is 7.99. The fraction of sp³-hybridized carbons (Fsp3) is 0.475. The second-order valence-corrected chi connectivity index (χ2v) is 16.1. The van der Waals surface area contributed by atoms with Crippen molar-refractivity contribution >= 4 is 29.7 Å². The molecule has 0 radical (unpaired) electrons. The first-order chi connectivity index (χ1) is 26.9. The van der Waals surface area contributed by atoms with E-state index in [1.165, 1.54) is 39.8 Å². The van der Waals surface area contributed by atoms with Crippen LogP contribution < -0.4 is 33.7 Å². The zero-order valence-corrected chi connectivity index (χ0v) is 32.5. The Hall–Kier alpha value is -4.74. The summed E-state index contributed by atoms with van der Waals surface area (Å²) in [5.74, 6) is 0.437. The van der Waals surface area contributed by atoms with Crippen LogP contribution in [0.25, 0.3) is 5.32 Å². The third-order valence-corrected chi connectivity index (χ3v) is 13.4. The molecule has 0 saturated carbocycles. The highest BCUT2D eigenvalue weighted by Gasteiger charge is 2.57. The van der Waals surface area contributed by atoms with Gasteiger partial charge in [-0.3, -0.25) is 19.8 Å². The predicted octanol–water partition coefficient (Wildman–Crippen LogP) is 4.07. The lowest BCUT2D eigenvalue weighted by Crippen LogP contribution is -2.64. The number of fused-ring (bicyclic) bond motifs is 9. The van der Waals surface area contributed by atoms with Crippen LogP contribution in [0.5, 0.6) is 40.2 Å². The quantitative estimate of drug-likeness (QED) is 0.254. The molecule has 7 aliphatic heterocycles. The van der Waals surface area contributed by atoms with Crippen molar-refractivity contribution in [2.24, 2.45) is 0 Å². The maximum absolute atomic E-state index is 14.7. The third kappa shape index (κ3) is 5.29. The normalized spacial score (nSPS) is 28.3. The molecule has 0 amide bonds. The van der Waals surface area contributed by atoms with Crippen LogP contribution in [0.1, 0.15) is 75.7 Å². The molecule has 15 nitrogen and oxygen atoms in total. The monoisotopic (exact) mass is 788 g/mol. The number of benzene rings is 3. The van der Waals surface area contributed by atoms with E-state index in [1.807, 2.05) is 17.9 Å². The van der Waals surface area contributed by atoms with Crippen LogP contribution in [0.4, 0.5) is 0 Å². The van der Waals surface area contributed by atoms with E-state index in [1.54, 1.807) is 19.1 Å². The summed E-state index contributed by atoms with van der Waals surface area (Å²) in [6, 6.07) is 2.48. The molecule has 3 N–H and O–H groups in total. The molecular formula is C40H42N3O12S-. The molecule has 16 heteroatoms. The first-order valence-corrected chi connectivity index (χ1v) is 19.6. The molecule has 0 aliphatic carbocycles. The fourth-order valence-corrected chi connectivity index (χ4v) is 11.4. The van der Waals surface area contributed by atoms with E-state index < -0.39 is 59.1 Å². The van der Waals surface area contributed by atoms with Crippen LogP contribution in [0, 0.1) is 13.8 Å². The Morgan fingerprint density at radius 2 is 1.71 bits per heavy atom. The lowest BCUT2D eigenvalue weighted by atomic mass is 9.74. The van der Waals surface area contributed by atoms with Crippen molar-refractivity contribution < 1.29 is 57.8 Å². The van der Waals surface area contributed by atoms with Crippen LogP contribution in [0.2, 0.25) is 0 Å². The van der Waals surface area contributed by atoms with Crippen LogP contribution in [0.15, 0.2) is 18.2 Å². The Kier molecular flexibility index (Phi) is 8.85. The van der Waals surface area contributed by atoms with Crippen LogP contribution >= 0.6 is 11.8 Å². The minimum atomic E-state index is -1.39. The average molecular weight is 789 g/mol. The first kappa shape index (κ1) is 36.9. The van der Waals surface area contributed by atoms with Crippen molar-refractivity contribution in [1.29, 1.82) is 0 Å². The number of carbonyl (C=O) groups is 3. The number of nitrogens with zero attached hydrogens (tertiary/aromatic N) is 2. The molecule has 3 aromatic carbocycles. The van der Waals surface area contributed by atoms with E-state index in [4.69, 9.17) is 38.5 Å². The SMILES string of the molecule is COc1cc2c(cc1O)CCN[C@]21CS[C@@H]2c3c(OC(C)=O)c(C)c4c(c3[C@H](COC1=O)N1C2[C@@H]2[N-][C@@H](Cc3cc(C)c(OC)c(OC(C)=O)c32)[C@@H]1O)OCO4. The summed E-state index contributed by atoms with van der Waals surface area (Å²) in [5, 5.41) is 31.3. The molecule has 1 spiro atoms. The maximum Gasteiger partial charge on any atom is 0.331 e. The molecule has 3 aromatic rings. The van der Waals surface area contributed by atoms with Gasteiger partial charge in [0.25, 0.3) is 0 Å². The summed E-state index contributed by atoms with van der Waals surface area (Å²) >= 11 is 1.42. The summed E-state index contributed by atoms with van der Waals surface area (Å²) in [6.45, 7) is 6.45. The Morgan fingerprint density at radius 3 is 2.45 bits per heavy atom. The van der Waals surface area contributed by atoms with Crippen LogP contribution in [-0.4, -0.2) is 91.2 Å². The van der Waals surface area contributed by atoms with Gasteiger partial charge in [-0.2, -0.15) is 0 Å². The number of methoxy groups -OCH3 is 2. The van der Waals surface area contributed by atoms with Gasteiger partial charge in [0.2, 0.25) is 6.79 Å². The predicted molar refractivity (Wildman–Crippen MR) is 200 cm³/mol. The fourth-order valence-electron chi connectivity index (χ4n) is 9.71. The number of nitrogens with one attached hydrogen (secondary N) is 1. The number of aryl methyl sites for hydroxylation is 1. The lowest BCUT2D eigenvalue weighted by molar-refractivity contribution is -0.160. The summed E-state index contributed by atoms with van der Waals surface area (Å²) in [6.07, 6.45) is -0.257. The smallest absolute Gasteiger partial charge is 0.331 e. The number of aromatic hydroxyl groups is 1. The highest BCUT2D eigenvalue weighted by atomic mass is 32.2. The average Bonchev–Trinajstić information content (AvgIpc) is 3.66. The number of carbonyl (C=O) groups excluding carboxylic acids is 3. The van der Waals surface area contributed by atoms with Gasteiger partial charge < -0.3 is 48.7 Å². The molecule has 4 bridgehead atoms. The van der Waals surface area contributed by atoms with Gasteiger partial charge in [-0.1, -0.05) is 18.2 Å². The van der Waals surface area contributed by atoms with E-state index in [0.717, 1.165) is 16.7 Å².